The fourth-order valence-electron chi connectivity index (χ4n) is 2.35. The van der Waals surface area contributed by atoms with E-state index in [0.29, 0.717) is 28.2 Å². The molecule has 4 heteroatoms. The molecule has 0 heterocycles. The molecule has 2 nitrogen and oxygen atoms in total. The number of alkyl halides is 1. The van der Waals surface area contributed by atoms with Crippen molar-refractivity contribution in [3.8, 4) is 0 Å². The van der Waals surface area contributed by atoms with E-state index in [2.05, 4.69) is 22.9 Å². The largest absolute Gasteiger partial charge is 0.229 e. The molecule has 0 spiro atoms. The summed E-state index contributed by atoms with van der Waals surface area (Å²) in [6.45, 7) is 4.15. The lowest BCUT2D eigenvalue weighted by Crippen LogP contribution is -2.17. The first-order valence-corrected chi connectivity index (χ1v) is 8.54. The van der Waals surface area contributed by atoms with E-state index in [4.69, 9.17) is 0 Å². The van der Waals surface area contributed by atoms with Crippen LogP contribution in [-0.2, 0) is 9.84 Å². The highest BCUT2D eigenvalue weighted by molar-refractivity contribution is 9.09. The first-order valence-electron chi connectivity index (χ1n) is 5.80. The molecular formula is C11H21BrO2S. The molecule has 3 unspecified atom stereocenters. The van der Waals surface area contributed by atoms with E-state index in [9.17, 15) is 8.42 Å². The summed E-state index contributed by atoms with van der Waals surface area (Å²) in [5.74, 6) is 1.96. The van der Waals surface area contributed by atoms with Crippen LogP contribution in [0.2, 0.25) is 0 Å². The lowest BCUT2D eigenvalue weighted by molar-refractivity contribution is 0.412. The zero-order chi connectivity index (χ0) is 11.5. The molecule has 0 radical (unpaired) electrons. The monoisotopic (exact) mass is 296 g/mol. The van der Waals surface area contributed by atoms with Crippen LogP contribution in [-0.4, -0.2) is 24.8 Å². The summed E-state index contributed by atoms with van der Waals surface area (Å²) in [4.78, 5) is 0.594. The molecule has 90 valence electrons. The summed E-state index contributed by atoms with van der Waals surface area (Å²) in [5.41, 5.74) is 0. The first-order chi connectivity index (χ1) is 6.96. The van der Waals surface area contributed by atoms with Crippen molar-refractivity contribution in [1.82, 2.24) is 0 Å². The summed E-state index contributed by atoms with van der Waals surface area (Å²) in [6, 6.07) is 0. The predicted octanol–water partition coefficient (Wildman–Crippen LogP) is 3.01. The van der Waals surface area contributed by atoms with Crippen LogP contribution in [0.1, 0.15) is 39.5 Å². The van der Waals surface area contributed by atoms with Gasteiger partial charge in [0.1, 0.15) is 9.84 Å². The van der Waals surface area contributed by atoms with Gasteiger partial charge < -0.3 is 0 Å². The van der Waals surface area contributed by atoms with Gasteiger partial charge in [-0.25, -0.2) is 8.42 Å². The quantitative estimate of drug-likeness (QED) is 0.731. The third kappa shape index (κ3) is 4.06. The maximum absolute atomic E-state index is 11.6. The van der Waals surface area contributed by atoms with Crippen LogP contribution < -0.4 is 0 Å². The number of rotatable bonds is 5. The van der Waals surface area contributed by atoms with Crippen molar-refractivity contribution in [1.29, 1.82) is 0 Å². The standard InChI is InChI=1S/C11H21BrO2S/c1-3-7-15(13,14)8-6-10-4-5-11(12)9(10)2/h9-11H,3-8H2,1-2H3. The molecule has 1 rings (SSSR count). The normalized spacial score (nSPS) is 32.1. The summed E-state index contributed by atoms with van der Waals surface area (Å²) in [5, 5.41) is 0. The Morgan fingerprint density at radius 3 is 2.40 bits per heavy atom. The third-order valence-electron chi connectivity index (χ3n) is 3.44. The molecule has 3 atom stereocenters. The molecule has 0 aromatic carbocycles. The van der Waals surface area contributed by atoms with E-state index >= 15 is 0 Å². The Labute approximate surface area is 102 Å². The molecule has 0 N–H and O–H groups in total. The number of hydrogen-bond donors (Lipinski definition) is 0. The van der Waals surface area contributed by atoms with Crippen LogP contribution >= 0.6 is 15.9 Å². The molecule has 15 heavy (non-hydrogen) atoms. The van der Waals surface area contributed by atoms with Gasteiger partial charge in [-0.3, -0.25) is 0 Å². The Morgan fingerprint density at radius 1 is 1.27 bits per heavy atom. The third-order valence-corrected chi connectivity index (χ3v) is 6.62. The molecule has 0 saturated heterocycles. The number of halogens is 1. The van der Waals surface area contributed by atoms with E-state index in [1.807, 2.05) is 6.92 Å². The minimum atomic E-state index is -2.78. The van der Waals surface area contributed by atoms with Gasteiger partial charge in [-0.05, 0) is 37.5 Å². The second kappa shape index (κ2) is 5.67. The van der Waals surface area contributed by atoms with Gasteiger partial charge in [0.05, 0.1) is 5.75 Å². The van der Waals surface area contributed by atoms with Crippen molar-refractivity contribution in [2.45, 2.75) is 44.4 Å². The van der Waals surface area contributed by atoms with E-state index in [0.717, 1.165) is 12.8 Å². The predicted molar refractivity (Wildman–Crippen MR) is 68.2 cm³/mol. The van der Waals surface area contributed by atoms with Gasteiger partial charge in [-0.15, -0.1) is 0 Å². The van der Waals surface area contributed by atoms with Gasteiger partial charge in [0.2, 0.25) is 0 Å². The smallest absolute Gasteiger partial charge is 0.150 e. The van der Waals surface area contributed by atoms with Crippen molar-refractivity contribution in [2.75, 3.05) is 11.5 Å². The fourth-order valence-corrected chi connectivity index (χ4v) is 4.53. The molecular weight excluding hydrogens is 276 g/mol. The van der Waals surface area contributed by atoms with Crippen LogP contribution in [0, 0.1) is 11.8 Å². The zero-order valence-electron chi connectivity index (χ0n) is 9.58. The maximum Gasteiger partial charge on any atom is 0.150 e. The highest BCUT2D eigenvalue weighted by Crippen LogP contribution is 2.38. The second-order valence-electron chi connectivity index (χ2n) is 4.65. The van der Waals surface area contributed by atoms with Gasteiger partial charge in [0.15, 0.2) is 0 Å². The van der Waals surface area contributed by atoms with E-state index in [1.54, 1.807) is 0 Å². The van der Waals surface area contributed by atoms with E-state index < -0.39 is 9.84 Å². The highest BCUT2D eigenvalue weighted by atomic mass is 79.9. The Kier molecular flexibility index (Phi) is 5.10. The molecule has 0 aromatic rings. The number of hydrogen-bond acceptors (Lipinski definition) is 2. The molecule has 0 aromatic heterocycles. The van der Waals surface area contributed by atoms with Crippen molar-refractivity contribution >= 4 is 25.8 Å². The highest BCUT2D eigenvalue weighted by Gasteiger charge is 2.31. The van der Waals surface area contributed by atoms with Gasteiger partial charge in [0, 0.05) is 10.6 Å². The van der Waals surface area contributed by atoms with Gasteiger partial charge in [-0.1, -0.05) is 29.8 Å². The SMILES string of the molecule is CCCS(=O)(=O)CCC1CCC(Br)C1C. The molecule has 0 amide bonds. The van der Waals surface area contributed by atoms with Crippen LogP contribution in [0.25, 0.3) is 0 Å². The average molecular weight is 297 g/mol. The molecule has 1 saturated carbocycles. The van der Waals surface area contributed by atoms with Crippen LogP contribution in [0.15, 0.2) is 0 Å². The van der Waals surface area contributed by atoms with Crippen molar-refractivity contribution in [2.24, 2.45) is 11.8 Å². The minimum absolute atomic E-state index is 0.353. The Morgan fingerprint density at radius 2 is 1.93 bits per heavy atom. The molecule has 1 aliphatic carbocycles. The van der Waals surface area contributed by atoms with Gasteiger partial charge in [-0.2, -0.15) is 0 Å². The van der Waals surface area contributed by atoms with Gasteiger partial charge in [0.25, 0.3) is 0 Å². The fraction of sp³-hybridized carbons (Fsp3) is 1.00. The van der Waals surface area contributed by atoms with E-state index in [-0.39, 0.29) is 0 Å². The molecule has 1 fully saturated rings. The summed E-state index contributed by atoms with van der Waals surface area (Å²) in [7, 11) is -2.78. The lowest BCUT2D eigenvalue weighted by Gasteiger charge is -2.16. The van der Waals surface area contributed by atoms with Crippen LogP contribution in [0.4, 0.5) is 0 Å². The maximum atomic E-state index is 11.6. The van der Waals surface area contributed by atoms with Crippen molar-refractivity contribution in [3.63, 3.8) is 0 Å². The Balaban J connectivity index is 2.38. The Bertz CT molecular complexity index is 287. The minimum Gasteiger partial charge on any atom is -0.229 e. The summed E-state index contributed by atoms with van der Waals surface area (Å²) < 4.78 is 23.1. The van der Waals surface area contributed by atoms with Crippen LogP contribution in [0.3, 0.4) is 0 Å². The van der Waals surface area contributed by atoms with Crippen molar-refractivity contribution in [3.05, 3.63) is 0 Å². The van der Waals surface area contributed by atoms with Crippen LogP contribution in [0.5, 0.6) is 0 Å². The molecule has 0 aliphatic heterocycles. The zero-order valence-corrected chi connectivity index (χ0v) is 12.0. The van der Waals surface area contributed by atoms with E-state index in [1.165, 1.54) is 12.8 Å². The molecule has 0 bridgehead atoms. The summed E-state index contributed by atoms with van der Waals surface area (Å²) in [6.07, 6.45) is 3.97. The average Bonchev–Trinajstić information content (AvgIpc) is 2.45. The second-order valence-corrected chi connectivity index (χ2v) is 8.13. The molecule has 1 aliphatic rings. The first kappa shape index (κ1) is 13.5. The Hall–Kier alpha value is 0.430. The number of sulfone groups is 1. The lowest BCUT2D eigenvalue weighted by atomic mass is 9.96. The van der Waals surface area contributed by atoms with Gasteiger partial charge >= 0.3 is 0 Å². The van der Waals surface area contributed by atoms with Crippen molar-refractivity contribution < 1.29 is 8.42 Å². The topological polar surface area (TPSA) is 34.1 Å². The summed E-state index contributed by atoms with van der Waals surface area (Å²) >= 11 is 3.65.